The Bertz CT molecular complexity index is 843. The lowest BCUT2D eigenvalue weighted by Gasteiger charge is -2.10. The zero-order chi connectivity index (χ0) is 19.8. The molecule has 0 atom stereocenters. The number of halogens is 2. The van der Waals surface area contributed by atoms with Crippen molar-refractivity contribution in [1.29, 1.82) is 0 Å². The van der Waals surface area contributed by atoms with E-state index in [9.17, 15) is 9.59 Å². The molecule has 11 heteroatoms. The van der Waals surface area contributed by atoms with Crippen molar-refractivity contribution < 1.29 is 14.3 Å². The van der Waals surface area contributed by atoms with Crippen molar-refractivity contribution in [3.63, 3.8) is 0 Å². The normalized spacial score (nSPS) is 10.2. The molecule has 0 aliphatic carbocycles. The summed E-state index contributed by atoms with van der Waals surface area (Å²) in [6.45, 7) is 2.07. The number of ether oxygens (including phenoxy) is 1. The van der Waals surface area contributed by atoms with Gasteiger partial charge in [-0.3, -0.25) is 25.5 Å². The number of rotatable bonds is 6. The predicted octanol–water partition coefficient (Wildman–Crippen LogP) is 2.52. The Morgan fingerprint density at radius 2 is 2.04 bits per heavy atom. The highest BCUT2D eigenvalue weighted by Crippen LogP contribution is 2.27. The molecule has 4 N–H and O–H groups in total. The molecule has 8 nitrogen and oxygen atoms in total. The van der Waals surface area contributed by atoms with Crippen LogP contribution in [0, 0.1) is 6.92 Å². The lowest BCUT2D eigenvalue weighted by Crippen LogP contribution is -2.48. The molecule has 2 aromatic rings. The molecule has 27 heavy (non-hydrogen) atoms. The summed E-state index contributed by atoms with van der Waals surface area (Å²) in [7, 11) is 0. The Morgan fingerprint density at radius 3 is 2.70 bits per heavy atom. The van der Waals surface area contributed by atoms with Crippen LogP contribution in [0.15, 0.2) is 24.3 Å². The number of aromatic amines is 1. The van der Waals surface area contributed by atoms with Crippen LogP contribution in [0.2, 0.25) is 10.0 Å². The van der Waals surface area contributed by atoms with Crippen molar-refractivity contribution in [2.75, 3.05) is 6.61 Å². The summed E-state index contributed by atoms with van der Waals surface area (Å²) in [5.74, 6) is -0.303. The van der Waals surface area contributed by atoms with Crippen LogP contribution in [0.5, 0.6) is 5.75 Å². The van der Waals surface area contributed by atoms with Crippen LogP contribution in [0.4, 0.5) is 0 Å². The fourth-order valence-electron chi connectivity index (χ4n) is 1.94. The zero-order valence-corrected chi connectivity index (χ0v) is 16.6. The number of nitrogens with one attached hydrogen (secondary N) is 4. The van der Waals surface area contributed by atoms with Crippen molar-refractivity contribution >= 4 is 52.3 Å². The number of nitrogens with zero attached hydrogens (tertiary/aromatic N) is 1. The van der Waals surface area contributed by atoms with Gasteiger partial charge in [-0.25, -0.2) is 0 Å². The Morgan fingerprint density at radius 1 is 1.26 bits per heavy atom. The van der Waals surface area contributed by atoms with Gasteiger partial charge in [-0.05, 0) is 49.8 Å². The number of hydrazine groups is 1. The van der Waals surface area contributed by atoms with Crippen LogP contribution in [0.25, 0.3) is 0 Å². The van der Waals surface area contributed by atoms with Gasteiger partial charge in [0.15, 0.2) is 10.8 Å². The summed E-state index contributed by atoms with van der Waals surface area (Å²) < 4.78 is 5.49. The number of benzene rings is 1. The van der Waals surface area contributed by atoms with Crippen LogP contribution in [-0.2, 0) is 4.79 Å². The zero-order valence-electron chi connectivity index (χ0n) is 14.3. The van der Waals surface area contributed by atoms with Gasteiger partial charge in [0.1, 0.15) is 5.75 Å². The minimum Gasteiger partial charge on any atom is -0.492 e. The number of carbonyl (C=O) groups excluding carboxylic acids is 2. The van der Waals surface area contributed by atoms with Crippen molar-refractivity contribution in [2.24, 2.45) is 0 Å². The van der Waals surface area contributed by atoms with E-state index in [2.05, 4.69) is 26.4 Å². The monoisotopic (exact) mass is 429 g/mol. The molecule has 0 aliphatic rings. The Balaban J connectivity index is 1.63. The minimum atomic E-state index is -0.482. The first-order valence-electron chi connectivity index (χ1n) is 7.85. The molecule has 1 heterocycles. The van der Waals surface area contributed by atoms with Crippen LogP contribution < -0.4 is 20.9 Å². The number of hydrogen-bond acceptors (Lipinski definition) is 5. The number of aromatic nitrogens is 2. The number of H-pyrrole nitrogens is 1. The van der Waals surface area contributed by atoms with Gasteiger partial charge in [-0.1, -0.05) is 23.2 Å². The van der Waals surface area contributed by atoms with E-state index in [-0.39, 0.29) is 23.1 Å². The third-order valence-corrected chi connectivity index (χ3v) is 3.92. The highest BCUT2D eigenvalue weighted by atomic mass is 35.5. The van der Waals surface area contributed by atoms with E-state index in [4.69, 9.17) is 40.2 Å². The molecular weight excluding hydrogens is 413 g/mol. The predicted molar refractivity (Wildman–Crippen MR) is 106 cm³/mol. The molecule has 0 bridgehead atoms. The fraction of sp³-hybridized carbons (Fsp3) is 0.250. The largest absolute Gasteiger partial charge is 0.492 e. The lowest BCUT2D eigenvalue weighted by molar-refractivity contribution is -0.119. The maximum Gasteiger partial charge on any atom is 0.290 e. The van der Waals surface area contributed by atoms with E-state index >= 15 is 0 Å². The number of thiocarbonyl (C=S) groups is 1. The third-order valence-electron chi connectivity index (χ3n) is 3.18. The fourth-order valence-corrected chi connectivity index (χ4v) is 2.57. The van der Waals surface area contributed by atoms with E-state index in [0.717, 1.165) is 5.69 Å². The second-order valence-electron chi connectivity index (χ2n) is 5.42. The van der Waals surface area contributed by atoms with E-state index < -0.39 is 5.91 Å². The average Bonchev–Trinajstić information content (AvgIpc) is 3.04. The number of amides is 2. The summed E-state index contributed by atoms with van der Waals surface area (Å²) in [6, 6.07) is 6.48. The summed E-state index contributed by atoms with van der Waals surface area (Å²) in [5, 5.41) is 9.79. The molecule has 0 saturated carbocycles. The Kier molecular flexibility index (Phi) is 7.83. The maximum atomic E-state index is 11.8. The molecule has 144 valence electrons. The lowest BCUT2D eigenvalue weighted by atomic mass is 10.3. The first-order chi connectivity index (χ1) is 12.8. The summed E-state index contributed by atoms with van der Waals surface area (Å²) in [6.07, 6.45) is 0.631. The van der Waals surface area contributed by atoms with E-state index in [1.807, 2.05) is 0 Å². The van der Waals surface area contributed by atoms with Gasteiger partial charge in [0.05, 0.1) is 11.6 Å². The molecule has 1 aromatic carbocycles. The number of aryl methyl sites for hydroxylation is 1. The first kappa shape index (κ1) is 20.9. The highest BCUT2D eigenvalue weighted by molar-refractivity contribution is 7.80. The molecule has 0 spiro atoms. The van der Waals surface area contributed by atoms with Gasteiger partial charge in [-0.2, -0.15) is 5.10 Å². The van der Waals surface area contributed by atoms with Crippen molar-refractivity contribution in [1.82, 2.24) is 26.4 Å². The SMILES string of the molecule is Cc1cc(C(=O)NNC(=S)NC(=O)CCCOc2ccc(Cl)cc2Cl)n[nH]1. The van der Waals surface area contributed by atoms with E-state index in [1.165, 1.54) is 0 Å². The molecule has 1 aromatic heterocycles. The smallest absolute Gasteiger partial charge is 0.290 e. The molecule has 0 aliphatic heterocycles. The molecule has 2 amide bonds. The van der Waals surface area contributed by atoms with E-state index in [1.54, 1.807) is 31.2 Å². The van der Waals surface area contributed by atoms with Gasteiger partial charge in [0.25, 0.3) is 5.91 Å². The molecule has 0 saturated heterocycles. The topological polar surface area (TPSA) is 108 Å². The summed E-state index contributed by atoms with van der Waals surface area (Å²) >= 11 is 16.7. The van der Waals surface area contributed by atoms with Gasteiger partial charge >= 0.3 is 0 Å². The Labute approximate surface area is 170 Å². The third kappa shape index (κ3) is 7.05. The molecule has 0 unspecified atom stereocenters. The van der Waals surface area contributed by atoms with Crippen molar-refractivity contribution in [2.45, 2.75) is 19.8 Å². The second kappa shape index (κ2) is 10.1. The second-order valence-corrected chi connectivity index (χ2v) is 6.67. The molecule has 0 fully saturated rings. The molecule has 2 rings (SSSR count). The van der Waals surface area contributed by atoms with Crippen molar-refractivity contribution in [3.05, 3.63) is 45.7 Å². The number of carbonyl (C=O) groups is 2. The quantitative estimate of drug-likeness (QED) is 0.319. The standard InChI is InChI=1S/C16H17Cl2N5O3S/c1-9-7-12(21-20-9)15(25)22-23-16(27)19-14(24)3-2-6-26-13-5-4-10(17)8-11(13)18/h4-5,7-8H,2-3,6H2,1H3,(H,20,21)(H,22,25)(H2,19,23,24,27). The Hall–Kier alpha value is -2.36. The van der Waals surface area contributed by atoms with Gasteiger partial charge in [-0.15, -0.1) is 0 Å². The van der Waals surface area contributed by atoms with Crippen molar-refractivity contribution in [3.8, 4) is 5.75 Å². The minimum absolute atomic E-state index is 0.0257. The average molecular weight is 430 g/mol. The highest BCUT2D eigenvalue weighted by Gasteiger charge is 2.10. The molecular formula is C16H17Cl2N5O3S. The first-order valence-corrected chi connectivity index (χ1v) is 9.01. The van der Waals surface area contributed by atoms with Gasteiger partial charge in [0, 0.05) is 17.1 Å². The molecule has 0 radical (unpaired) electrons. The maximum absolute atomic E-state index is 11.8. The van der Waals surface area contributed by atoms with Crippen LogP contribution in [0.1, 0.15) is 29.0 Å². The van der Waals surface area contributed by atoms with Crippen LogP contribution in [0.3, 0.4) is 0 Å². The summed E-state index contributed by atoms with van der Waals surface area (Å²) in [4.78, 5) is 23.6. The number of hydrogen-bond donors (Lipinski definition) is 4. The van der Waals surface area contributed by atoms with Crippen LogP contribution in [-0.4, -0.2) is 33.7 Å². The van der Waals surface area contributed by atoms with Crippen LogP contribution >= 0.6 is 35.4 Å². The summed E-state index contributed by atoms with van der Waals surface area (Å²) in [5.41, 5.74) is 5.72. The van der Waals surface area contributed by atoms with E-state index in [0.29, 0.717) is 28.8 Å². The van der Waals surface area contributed by atoms with Gasteiger partial charge < -0.3 is 10.1 Å². The van der Waals surface area contributed by atoms with Gasteiger partial charge in [0.2, 0.25) is 5.91 Å².